The van der Waals surface area contributed by atoms with Crippen molar-refractivity contribution in [2.45, 2.75) is 36.5 Å². The van der Waals surface area contributed by atoms with Gasteiger partial charge in [-0.25, -0.2) is 8.42 Å². The van der Waals surface area contributed by atoms with Gasteiger partial charge >= 0.3 is 12.4 Å². The van der Waals surface area contributed by atoms with Gasteiger partial charge in [0.05, 0.1) is 16.0 Å². The summed E-state index contributed by atoms with van der Waals surface area (Å²) >= 11 is 0. The molecule has 1 atom stereocenters. The number of allylic oxidation sites excluding steroid dienone is 2. The van der Waals surface area contributed by atoms with Gasteiger partial charge in [0.15, 0.2) is 0 Å². The molecule has 1 aliphatic heterocycles. The van der Waals surface area contributed by atoms with Gasteiger partial charge in [0.25, 0.3) is 0 Å². The first-order valence-electron chi connectivity index (χ1n) is 9.52. The predicted molar refractivity (Wildman–Crippen MR) is 98.3 cm³/mol. The predicted octanol–water partition coefficient (Wildman–Crippen LogP) is 3.91. The summed E-state index contributed by atoms with van der Waals surface area (Å²) < 4.78 is 105. The van der Waals surface area contributed by atoms with E-state index in [0.717, 1.165) is 17.1 Å². The third kappa shape index (κ3) is 5.40. The summed E-state index contributed by atoms with van der Waals surface area (Å²) in [6.07, 6.45) is -4.34. The normalized spacial score (nSPS) is 21.0. The van der Waals surface area contributed by atoms with Crippen LogP contribution in [0, 0.1) is 5.92 Å². The first kappa shape index (κ1) is 23.6. The summed E-state index contributed by atoms with van der Waals surface area (Å²) in [6, 6.07) is 0.288. The minimum absolute atomic E-state index is 0.0135. The van der Waals surface area contributed by atoms with Crippen LogP contribution in [0.1, 0.15) is 30.4 Å². The van der Waals surface area contributed by atoms with Crippen molar-refractivity contribution in [2.24, 2.45) is 5.92 Å². The molecule has 1 saturated heterocycles. The van der Waals surface area contributed by atoms with Gasteiger partial charge in [-0.2, -0.15) is 30.6 Å². The Labute approximate surface area is 175 Å². The van der Waals surface area contributed by atoms with Gasteiger partial charge in [0, 0.05) is 32.6 Å². The molecule has 3 rings (SSSR count). The highest BCUT2D eigenvalue weighted by atomic mass is 32.2. The van der Waals surface area contributed by atoms with Gasteiger partial charge in [-0.1, -0.05) is 12.2 Å². The van der Waals surface area contributed by atoms with Gasteiger partial charge in [-0.05, 0) is 37.0 Å². The molecule has 1 aromatic rings. The molecule has 1 unspecified atom stereocenters. The topological polar surface area (TPSA) is 57.7 Å². The SMILES string of the molecule is O=C(CC1C=CCC1)N1CCN(S(=O)(=O)c2cc(C(F)(F)F)cc(C(F)(F)F)c2)CC1. The lowest BCUT2D eigenvalue weighted by molar-refractivity contribution is -0.143. The highest BCUT2D eigenvalue weighted by molar-refractivity contribution is 7.89. The van der Waals surface area contributed by atoms with E-state index in [0.29, 0.717) is 0 Å². The van der Waals surface area contributed by atoms with Crippen molar-refractivity contribution < 1.29 is 39.6 Å². The van der Waals surface area contributed by atoms with Crippen LogP contribution in [0.15, 0.2) is 35.2 Å². The third-order valence-corrected chi connectivity index (χ3v) is 7.22. The van der Waals surface area contributed by atoms with Gasteiger partial charge in [0.2, 0.25) is 15.9 Å². The number of benzene rings is 1. The Morgan fingerprint density at radius 3 is 1.94 bits per heavy atom. The van der Waals surface area contributed by atoms with Crippen molar-refractivity contribution in [1.82, 2.24) is 9.21 Å². The van der Waals surface area contributed by atoms with Crippen molar-refractivity contribution >= 4 is 15.9 Å². The zero-order valence-corrected chi connectivity index (χ0v) is 17.0. The number of carbonyl (C=O) groups excluding carboxylic acids is 1. The van der Waals surface area contributed by atoms with Crippen molar-refractivity contribution in [3.63, 3.8) is 0 Å². The lowest BCUT2D eigenvalue weighted by Gasteiger charge is -2.34. The fourth-order valence-corrected chi connectivity index (χ4v) is 5.11. The average Bonchev–Trinajstić information content (AvgIpc) is 3.19. The number of nitrogens with zero attached hydrogens (tertiary/aromatic N) is 2. The Kier molecular flexibility index (Phi) is 6.43. The van der Waals surface area contributed by atoms with Crippen molar-refractivity contribution in [3.05, 3.63) is 41.5 Å². The molecule has 0 aromatic heterocycles. The van der Waals surface area contributed by atoms with Crippen LogP contribution in [0.25, 0.3) is 0 Å². The second kappa shape index (κ2) is 8.45. The summed E-state index contributed by atoms with van der Waals surface area (Å²) in [5.41, 5.74) is -3.39. The molecule has 1 fully saturated rings. The second-order valence-corrected chi connectivity index (χ2v) is 9.43. The van der Waals surface area contributed by atoms with Crippen LogP contribution >= 0.6 is 0 Å². The van der Waals surface area contributed by atoms with E-state index in [1.807, 2.05) is 12.2 Å². The summed E-state index contributed by atoms with van der Waals surface area (Å²) in [4.78, 5) is 12.8. The summed E-state index contributed by atoms with van der Waals surface area (Å²) in [5.74, 6) is -0.0350. The number of sulfonamides is 1. The Hall–Kier alpha value is -2.08. The van der Waals surface area contributed by atoms with Gasteiger partial charge in [-0.3, -0.25) is 4.79 Å². The number of hydrogen-bond donors (Lipinski definition) is 0. The van der Waals surface area contributed by atoms with E-state index in [9.17, 15) is 39.6 Å². The van der Waals surface area contributed by atoms with Crippen LogP contribution in [0.5, 0.6) is 0 Å². The first-order valence-corrected chi connectivity index (χ1v) is 11.0. The van der Waals surface area contributed by atoms with Crippen LogP contribution in [0.4, 0.5) is 26.3 Å². The van der Waals surface area contributed by atoms with Gasteiger partial charge < -0.3 is 4.90 Å². The Balaban J connectivity index is 1.77. The first-order chi connectivity index (χ1) is 14.3. The molecule has 0 radical (unpaired) electrons. The Morgan fingerprint density at radius 2 is 1.48 bits per heavy atom. The zero-order chi connectivity index (χ0) is 23.0. The van der Waals surface area contributed by atoms with E-state index < -0.39 is 38.4 Å². The number of carbonyl (C=O) groups is 1. The number of halogens is 6. The van der Waals surface area contributed by atoms with Crippen molar-refractivity contribution in [1.29, 1.82) is 0 Å². The smallest absolute Gasteiger partial charge is 0.340 e. The molecule has 5 nitrogen and oxygen atoms in total. The molecule has 172 valence electrons. The molecule has 0 bridgehead atoms. The maximum Gasteiger partial charge on any atom is 0.416 e. The van der Waals surface area contributed by atoms with Crippen LogP contribution in [0.2, 0.25) is 0 Å². The molecule has 2 aliphatic rings. The maximum atomic E-state index is 13.0. The highest BCUT2D eigenvalue weighted by Gasteiger charge is 2.39. The van der Waals surface area contributed by atoms with Crippen molar-refractivity contribution in [3.8, 4) is 0 Å². The quantitative estimate of drug-likeness (QED) is 0.495. The molecular formula is C19H20F6N2O3S. The van der Waals surface area contributed by atoms with E-state index >= 15 is 0 Å². The van der Waals surface area contributed by atoms with Crippen LogP contribution in [0.3, 0.4) is 0 Å². The lowest BCUT2D eigenvalue weighted by Crippen LogP contribution is -2.50. The molecular weight excluding hydrogens is 450 g/mol. The molecule has 0 saturated carbocycles. The standard InChI is InChI=1S/C19H20F6N2O3S/c20-18(21,22)14-10-15(19(23,24)25)12-16(11-14)31(29,30)27-7-5-26(6-8-27)17(28)9-13-3-1-2-4-13/h1,3,10-13H,2,4-9H2. The van der Waals surface area contributed by atoms with Crippen LogP contribution in [-0.2, 0) is 27.2 Å². The largest absolute Gasteiger partial charge is 0.416 e. The molecule has 0 N–H and O–H groups in total. The number of hydrogen-bond acceptors (Lipinski definition) is 3. The molecule has 1 heterocycles. The third-order valence-electron chi connectivity index (χ3n) is 5.34. The Bertz CT molecular complexity index is 932. The fourth-order valence-electron chi connectivity index (χ4n) is 3.62. The minimum Gasteiger partial charge on any atom is -0.340 e. The molecule has 12 heteroatoms. The summed E-state index contributed by atoms with van der Waals surface area (Å²) in [5, 5.41) is 0. The number of amides is 1. The monoisotopic (exact) mass is 470 g/mol. The lowest BCUT2D eigenvalue weighted by atomic mass is 10.0. The number of rotatable bonds is 4. The minimum atomic E-state index is -5.15. The van der Waals surface area contributed by atoms with Gasteiger partial charge in [-0.15, -0.1) is 0 Å². The summed E-state index contributed by atoms with van der Waals surface area (Å²) in [7, 11) is -4.61. The number of piperazine rings is 1. The van der Waals surface area contributed by atoms with E-state index in [1.165, 1.54) is 4.90 Å². The van der Waals surface area contributed by atoms with Crippen LogP contribution < -0.4 is 0 Å². The zero-order valence-electron chi connectivity index (χ0n) is 16.2. The molecule has 1 aromatic carbocycles. The molecule has 1 amide bonds. The maximum absolute atomic E-state index is 13.0. The second-order valence-electron chi connectivity index (χ2n) is 7.50. The fraction of sp³-hybridized carbons (Fsp3) is 0.526. The van der Waals surface area contributed by atoms with E-state index in [4.69, 9.17) is 0 Å². The van der Waals surface area contributed by atoms with E-state index in [1.54, 1.807) is 0 Å². The molecule has 0 spiro atoms. The molecule has 1 aliphatic carbocycles. The molecule has 31 heavy (non-hydrogen) atoms. The summed E-state index contributed by atoms with van der Waals surface area (Å²) in [6.45, 7) is -0.405. The Morgan fingerprint density at radius 1 is 0.935 bits per heavy atom. The van der Waals surface area contributed by atoms with Crippen LogP contribution in [-0.4, -0.2) is 49.7 Å². The number of alkyl halides is 6. The van der Waals surface area contributed by atoms with E-state index in [-0.39, 0.29) is 62.6 Å². The average molecular weight is 470 g/mol. The highest BCUT2D eigenvalue weighted by Crippen LogP contribution is 2.38. The van der Waals surface area contributed by atoms with Crippen molar-refractivity contribution in [2.75, 3.05) is 26.2 Å². The van der Waals surface area contributed by atoms with Gasteiger partial charge in [0.1, 0.15) is 0 Å². The van der Waals surface area contributed by atoms with E-state index in [2.05, 4.69) is 0 Å².